The van der Waals surface area contributed by atoms with Gasteiger partial charge in [0.05, 0.1) is 0 Å². The second-order valence-electron chi connectivity index (χ2n) is 11.6. The minimum absolute atomic E-state index is 0.00217. The zero-order chi connectivity index (χ0) is 32.2. The van der Waals surface area contributed by atoms with Gasteiger partial charge in [-0.05, 0) is 91.3 Å². The number of nitrogens with one attached hydrogen (secondary N) is 2. The van der Waals surface area contributed by atoms with Crippen molar-refractivity contribution < 1.29 is 0 Å². The van der Waals surface area contributed by atoms with Crippen molar-refractivity contribution in [2.45, 2.75) is 55.0 Å². The molecule has 0 unspecified atom stereocenters. The summed E-state index contributed by atoms with van der Waals surface area (Å²) in [6, 6.07) is 34.4. The fourth-order valence-electron chi connectivity index (χ4n) is 5.19. The van der Waals surface area contributed by atoms with Crippen molar-refractivity contribution in [3.8, 4) is 22.5 Å². The number of hydrogen-bond donors (Lipinski definition) is 2. The fraction of sp³-hybridized carbons (Fsp3) is 0.243. The minimum Gasteiger partial charge on any atom is -0.354 e. The van der Waals surface area contributed by atoms with Crippen molar-refractivity contribution >= 4 is 84.1 Å². The summed E-state index contributed by atoms with van der Waals surface area (Å²) in [5.41, 5.74) is 12.7. The summed E-state index contributed by atoms with van der Waals surface area (Å²) in [6.45, 7) is 13.2. The van der Waals surface area contributed by atoms with E-state index < -0.39 is 3.25 Å². The van der Waals surface area contributed by atoms with Crippen molar-refractivity contribution in [1.82, 2.24) is 9.97 Å². The number of alkyl halides is 5. The van der Waals surface area contributed by atoms with E-state index in [4.69, 9.17) is 46.4 Å². The van der Waals surface area contributed by atoms with E-state index in [1.165, 1.54) is 66.6 Å². The molecule has 2 heterocycles. The van der Waals surface area contributed by atoms with Gasteiger partial charge in [0.2, 0.25) is 0 Å². The molecular formula is C37H37BrCl4N2. The third-order valence-electron chi connectivity index (χ3n) is 7.62. The molecule has 230 valence electrons. The summed E-state index contributed by atoms with van der Waals surface area (Å²) in [4.78, 5) is 7.09. The van der Waals surface area contributed by atoms with E-state index in [1.807, 2.05) is 6.07 Å². The molecule has 0 aliphatic carbocycles. The number of aromatic nitrogens is 2. The second-order valence-corrected chi connectivity index (χ2v) is 17.0. The molecule has 0 aliphatic rings. The Morgan fingerprint density at radius 1 is 0.614 bits per heavy atom. The number of benzene rings is 4. The predicted molar refractivity (Wildman–Crippen MR) is 199 cm³/mol. The Kier molecular flexibility index (Phi) is 11.2. The summed E-state index contributed by atoms with van der Waals surface area (Å²) < 4.78 is -1.61. The van der Waals surface area contributed by atoms with Crippen LogP contribution in [0.15, 0.2) is 97.1 Å². The van der Waals surface area contributed by atoms with Crippen LogP contribution in [0.4, 0.5) is 0 Å². The molecule has 0 spiro atoms. The molecule has 6 aromatic rings. The molecule has 0 saturated heterocycles. The third-order valence-corrected chi connectivity index (χ3v) is 8.08. The highest BCUT2D eigenvalue weighted by atomic mass is 79.9. The van der Waals surface area contributed by atoms with Gasteiger partial charge in [-0.3, -0.25) is 0 Å². The molecule has 0 bridgehead atoms. The van der Waals surface area contributed by atoms with E-state index in [2.05, 4.69) is 158 Å². The summed E-state index contributed by atoms with van der Waals surface area (Å²) >= 11 is 23.0. The lowest BCUT2D eigenvalue weighted by atomic mass is 9.99. The van der Waals surface area contributed by atoms with Gasteiger partial charge in [0.25, 0.3) is 3.25 Å². The van der Waals surface area contributed by atoms with E-state index in [0.717, 1.165) is 0 Å². The third kappa shape index (κ3) is 8.86. The molecule has 0 aliphatic heterocycles. The first kappa shape index (κ1) is 34.5. The smallest absolute Gasteiger partial charge is 0.266 e. The average Bonchev–Trinajstić information content (AvgIpc) is 3.49. The minimum atomic E-state index is -1.61. The van der Waals surface area contributed by atoms with Crippen molar-refractivity contribution in [2.24, 2.45) is 0 Å². The van der Waals surface area contributed by atoms with Gasteiger partial charge in [0.15, 0.2) is 0 Å². The predicted octanol–water partition coefficient (Wildman–Crippen LogP) is 13.6. The molecule has 0 saturated carbocycles. The number of hydrogen-bond acceptors (Lipinski definition) is 0. The van der Waals surface area contributed by atoms with Crippen LogP contribution in [0.3, 0.4) is 0 Å². The molecule has 0 radical (unpaired) electrons. The monoisotopic (exact) mass is 728 g/mol. The first-order valence-corrected chi connectivity index (χ1v) is 16.7. The lowest BCUT2D eigenvalue weighted by Crippen LogP contribution is -2.05. The summed E-state index contributed by atoms with van der Waals surface area (Å²) in [6.07, 6.45) is 0. The molecule has 7 heteroatoms. The standard InChI is InChI=1S/C18H18BrN.C18H19N.CCl4/c1-12-15-11-14(18(2,3)19)9-10-16(15)20-17(12)13-7-5-4-6-8-13;1-12(2)15-9-10-17-16(11-15)13(3)18(19-17)14-7-5-4-6-8-14;2-1(3,4)5/h4-11,20H,1-3H3;4-12,19H,1-3H3;. The molecule has 44 heavy (non-hydrogen) atoms. The Morgan fingerprint density at radius 3 is 1.43 bits per heavy atom. The summed E-state index contributed by atoms with van der Waals surface area (Å²) in [5.74, 6) is 0.568. The molecule has 0 atom stereocenters. The molecule has 2 N–H and O–H groups in total. The number of rotatable bonds is 4. The molecule has 4 aromatic carbocycles. The lowest BCUT2D eigenvalue weighted by Gasteiger charge is -2.16. The van der Waals surface area contributed by atoms with Gasteiger partial charge in [-0.1, -0.05) is 149 Å². The van der Waals surface area contributed by atoms with Gasteiger partial charge in [-0.25, -0.2) is 0 Å². The highest BCUT2D eigenvalue weighted by Crippen LogP contribution is 2.36. The zero-order valence-electron chi connectivity index (χ0n) is 25.7. The Balaban J connectivity index is 0.000000175. The van der Waals surface area contributed by atoms with Crippen LogP contribution in [-0.2, 0) is 4.32 Å². The largest absolute Gasteiger partial charge is 0.354 e. The molecule has 6 rings (SSSR count). The van der Waals surface area contributed by atoms with Crippen LogP contribution < -0.4 is 0 Å². The molecule has 2 aromatic heterocycles. The molecule has 0 amide bonds. The summed E-state index contributed by atoms with van der Waals surface area (Å²) in [7, 11) is 0. The Bertz CT molecular complexity index is 1820. The van der Waals surface area contributed by atoms with E-state index in [1.54, 1.807) is 0 Å². The topological polar surface area (TPSA) is 31.6 Å². The second kappa shape index (κ2) is 14.4. The average molecular weight is 731 g/mol. The maximum atomic E-state index is 4.83. The van der Waals surface area contributed by atoms with Gasteiger partial charge in [-0.15, -0.1) is 0 Å². The number of aromatic amines is 2. The van der Waals surface area contributed by atoms with Crippen LogP contribution >= 0.6 is 62.3 Å². The first-order valence-electron chi connectivity index (χ1n) is 14.4. The molecule has 2 nitrogen and oxygen atoms in total. The number of H-pyrrole nitrogens is 2. The first-order chi connectivity index (χ1) is 20.6. The highest BCUT2D eigenvalue weighted by Gasteiger charge is 2.18. The van der Waals surface area contributed by atoms with Crippen LogP contribution in [0, 0.1) is 13.8 Å². The van der Waals surface area contributed by atoms with Crippen LogP contribution in [-0.4, -0.2) is 13.2 Å². The Hall–Kier alpha value is -2.40. The molecular weight excluding hydrogens is 694 g/mol. The van der Waals surface area contributed by atoms with Gasteiger partial charge in [0.1, 0.15) is 0 Å². The van der Waals surface area contributed by atoms with E-state index in [0.29, 0.717) is 5.92 Å². The highest BCUT2D eigenvalue weighted by molar-refractivity contribution is 9.09. The Morgan fingerprint density at radius 2 is 1.02 bits per heavy atom. The van der Waals surface area contributed by atoms with Gasteiger partial charge < -0.3 is 9.97 Å². The quantitative estimate of drug-likeness (QED) is 0.169. The fourth-order valence-corrected chi connectivity index (χ4v) is 5.43. The van der Waals surface area contributed by atoms with E-state index in [9.17, 15) is 0 Å². The van der Waals surface area contributed by atoms with Gasteiger partial charge in [-0.2, -0.15) is 0 Å². The van der Waals surface area contributed by atoms with Crippen molar-refractivity contribution in [2.75, 3.05) is 0 Å². The zero-order valence-corrected chi connectivity index (χ0v) is 30.3. The van der Waals surface area contributed by atoms with Crippen LogP contribution in [0.1, 0.15) is 55.9 Å². The maximum absolute atomic E-state index is 4.83. The normalized spacial score (nSPS) is 11.7. The van der Waals surface area contributed by atoms with Crippen LogP contribution in [0.5, 0.6) is 0 Å². The Labute approximate surface area is 289 Å². The van der Waals surface area contributed by atoms with E-state index in [-0.39, 0.29) is 4.32 Å². The van der Waals surface area contributed by atoms with Crippen molar-refractivity contribution in [1.29, 1.82) is 0 Å². The van der Waals surface area contributed by atoms with Crippen LogP contribution in [0.2, 0.25) is 0 Å². The SMILES string of the molecule is Cc1c(-c2ccccc2)[nH]c2ccc(C(C)(C)Br)cc12.Cc1c(-c2ccccc2)[nH]c2ccc(C(C)C)cc12.ClC(Cl)(Cl)Cl. The van der Waals surface area contributed by atoms with Gasteiger partial charge >= 0.3 is 0 Å². The molecule has 0 fully saturated rings. The van der Waals surface area contributed by atoms with Crippen molar-refractivity contribution in [3.63, 3.8) is 0 Å². The number of halogens is 5. The van der Waals surface area contributed by atoms with Crippen LogP contribution in [0.25, 0.3) is 44.3 Å². The number of aryl methyl sites for hydroxylation is 2. The summed E-state index contributed by atoms with van der Waals surface area (Å²) in [5, 5.41) is 2.64. The van der Waals surface area contributed by atoms with Crippen molar-refractivity contribution in [3.05, 3.63) is 119 Å². The lowest BCUT2D eigenvalue weighted by molar-refractivity contribution is 0.805. The number of fused-ring (bicyclic) bond motifs is 2. The van der Waals surface area contributed by atoms with Gasteiger partial charge in [0, 0.05) is 37.5 Å². The maximum Gasteiger partial charge on any atom is 0.266 e. The van der Waals surface area contributed by atoms with E-state index >= 15 is 0 Å².